The molecule has 11 heteroatoms. The molecule has 0 unspecified atom stereocenters. The van der Waals surface area contributed by atoms with Crippen molar-refractivity contribution in [3.8, 4) is 0 Å². The van der Waals surface area contributed by atoms with Crippen molar-refractivity contribution in [2.75, 3.05) is 5.01 Å². The number of halogens is 6. The Hall–Kier alpha value is -3.17. The van der Waals surface area contributed by atoms with E-state index in [0.717, 1.165) is 12.3 Å². The van der Waals surface area contributed by atoms with E-state index >= 15 is 0 Å². The van der Waals surface area contributed by atoms with Gasteiger partial charge in [0.25, 0.3) is 5.91 Å². The Morgan fingerprint density at radius 1 is 1.06 bits per heavy atom. The minimum atomic E-state index is -1.78. The van der Waals surface area contributed by atoms with E-state index in [1.807, 2.05) is 0 Å². The minimum Gasteiger partial charge on any atom is -0.462 e. The molecule has 170 valence electrons. The number of anilines is 1. The van der Waals surface area contributed by atoms with Crippen molar-refractivity contribution >= 4 is 57.6 Å². The van der Waals surface area contributed by atoms with Crippen molar-refractivity contribution in [3.63, 3.8) is 0 Å². The van der Waals surface area contributed by atoms with Gasteiger partial charge in [-0.25, -0.2) is 17.6 Å². The summed E-state index contributed by atoms with van der Waals surface area (Å²) in [7, 11) is 0. The highest BCUT2D eigenvalue weighted by Crippen LogP contribution is 2.33. The summed E-state index contributed by atoms with van der Waals surface area (Å²) < 4.78 is 61.4. The van der Waals surface area contributed by atoms with E-state index < -0.39 is 40.3 Å². The maximum Gasteiger partial charge on any atom is 0.280 e. The SMILES string of the molecule is CCCC1=NN(c2c(F)c(F)cc(F)c2F)C(=O)/C1=C\c1coc2c(Cl)cc(Cl)cc2c1=O. The van der Waals surface area contributed by atoms with Crippen LogP contribution in [-0.4, -0.2) is 11.6 Å². The minimum absolute atomic E-state index is 0.0265. The topological polar surface area (TPSA) is 62.9 Å². The molecule has 0 saturated heterocycles. The highest BCUT2D eigenvalue weighted by molar-refractivity contribution is 6.38. The van der Waals surface area contributed by atoms with Crippen LogP contribution < -0.4 is 10.4 Å². The monoisotopic (exact) mass is 498 g/mol. The molecule has 3 aromatic rings. The van der Waals surface area contributed by atoms with Crippen LogP contribution in [0.25, 0.3) is 17.0 Å². The molecule has 1 amide bonds. The van der Waals surface area contributed by atoms with Gasteiger partial charge < -0.3 is 4.42 Å². The lowest BCUT2D eigenvalue weighted by Crippen LogP contribution is -2.24. The maximum atomic E-state index is 14.3. The van der Waals surface area contributed by atoms with Gasteiger partial charge in [0.15, 0.2) is 34.3 Å². The molecule has 0 bridgehead atoms. The first-order valence-electron chi connectivity index (χ1n) is 9.51. The smallest absolute Gasteiger partial charge is 0.280 e. The lowest BCUT2D eigenvalue weighted by Gasteiger charge is -2.14. The third-order valence-corrected chi connectivity index (χ3v) is 5.36. The summed E-state index contributed by atoms with van der Waals surface area (Å²) in [5.41, 5.74) is -2.02. The van der Waals surface area contributed by atoms with E-state index in [9.17, 15) is 27.2 Å². The van der Waals surface area contributed by atoms with Crippen molar-refractivity contribution < 1.29 is 26.8 Å². The number of hydrogen-bond donors (Lipinski definition) is 0. The Morgan fingerprint density at radius 3 is 2.36 bits per heavy atom. The van der Waals surface area contributed by atoms with Gasteiger partial charge in [0.05, 0.1) is 27.3 Å². The second-order valence-corrected chi connectivity index (χ2v) is 7.92. The summed E-state index contributed by atoms with van der Waals surface area (Å²) in [6, 6.07) is 2.75. The number of nitrogens with zero attached hydrogens (tertiary/aromatic N) is 2. The standard InChI is InChI=1S/C22H12Cl2F4N2O3/c1-2-3-16-11(4-9-8-33-21-12(20(9)31)5-10(23)6-13(21)24)22(32)30(29-16)19-17(27)14(25)7-15(26)18(19)28/h4-8H,2-3H2,1H3/b11-4-. The zero-order chi connectivity index (χ0) is 24.0. The van der Waals surface area contributed by atoms with Crippen LogP contribution >= 0.6 is 23.2 Å². The first kappa shape index (κ1) is 23.0. The molecule has 5 nitrogen and oxygen atoms in total. The predicted molar refractivity (Wildman–Crippen MR) is 117 cm³/mol. The summed E-state index contributed by atoms with van der Waals surface area (Å²) >= 11 is 12.0. The van der Waals surface area contributed by atoms with E-state index in [4.69, 9.17) is 27.6 Å². The maximum absolute atomic E-state index is 14.3. The molecule has 0 N–H and O–H groups in total. The number of hydrogen-bond acceptors (Lipinski definition) is 4. The highest BCUT2D eigenvalue weighted by atomic mass is 35.5. The molecular weight excluding hydrogens is 487 g/mol. The van der Waals surface area contributed by atoms with Crippen LogP contribution in [-0.2, 0) is 4.79 Å². The third kappa shape index (κ3) is 3.91. The van der Waals surface area contributed by atoms with E-state index in [-0.39, 0.29) is 55.4 Å². The van der Waals surface area contributed by atoms with Gasteiger partial charge in [0.2, 0.25) is 0 Å². The Morgan fingerprint density at radius 2 is 1.73 bits per heavy atom. The fourth-order valence-corrected chi connectivity index (χ4v) is 3.90. The van der Waals surface area contributed by atoms with Crippen LogP contribution in [0.4, 0.5) is 23.2 Å². The number of amides is 1. The van der Waals surface area contributed by atoms with Crippen LogP contribution in [0.5, 0.6) is 0 Å². The predicted octanol–water partition coefficient (Wildman–Crippen LogP) is 6.24. The van der Waals surface area contributed by atoms with Crippen molar-refractivity contribution in [3.05, 3.63) is 79.1 Å². The van der Waals surface area contributed by atoms with Gasteiger partial charge in [-0.05, 0) is 24.6 Å². The van der Waals surface area contributed by atoms with Crippen LogP contribution in [0.1, 0.15) is 25.3 Å². The summed E-state index contributed by atoms with van der Waals surface area (Å²) in [5, 5.41) is 4.44. The van der Waals surface area contributed by atoms with E-state index in [2.05, 4.69) is 5.10 Å². The van der Waals surface area contributed by atoms with Gasteiger partial charge in [-0.3, -0.25) is 9.59 Å². The van der Waals surface area contributed by atoms with Gasteiger partial charge in [-0.2, -0.15) is 10.1 Å². The quantitative estimate of drug-likeness (QED) is 0.243. The second kappa shape index (κ2) is 8.64. The van der Waals surface area contributed by atoms with Gasteiger partial charge in [0, 0.05) is 11.1 Å². The summed E-state index contributed by atoms with van der Waals surface area (Å²) in [6.07, 6.45) is 2.82. The Labute approximate surface area is 193 Å². The second-order valence-electron chi connectivity index (χ2n) is 7.07. The number of hydrazone groups is 1. The van der Waals surface area contributed by atoms with Gasteiger partial charge >= 0.3 is 0 Å². The van der Waals surface area contributed by atoms with Crippen molar-refractivity contribution in [2.24, 2.45) is 5.10 Å². The Kier molecular flexibility index (Phi) is 6.02. The van der Waals surface area contributed by atoms with Gasteiger partial charge in [0.1, 0.15) is 12.0 Å². The molecule has 33 heavy (non-hydrogen) atoms. The molecule has 0 saturated carbocycles. The summed E-state index contributed by atoms with van der Waals surface area (Å²) in [6.45, 7) is 1.75. The van der Waals surface area contributed by atoms with E-state index in [1.54, 1.807) is 6.92 Å². The average Bonchev–Trinajstić information content (AvgIpc) is 3.05. The molecular formula is C22H12Cl2F4N2O3. The Bertz CT molecular complexity index is 1420. The molecule has 0 spiro atoms. The normalized spacial score (nSPS) is 15.1. The number of fused-ring (bicyclic) bond motifs is 1. The van der Waals surface area contributed by atoms with Gasteiger partial charge in [-0.1, -0.05) is 36.5 Å². The highest BCUT2D eigenvalue weighted by Gasteiger charge is 2.36. The molecule has 0 radical (unpaired) electrons. The lowest BCUT2D eigenvalue weighted by molar-refractivity contribution is -0.114. The molecule has 0 atom stereocenters. The first-order chi connectivity index (χ1) is 15.6. The third-order valence-electron chi connectivity index (χ3n) is 4.86. The Balaban J connectivity index is 1.88. The number of carbonyl (C=O) groups is 1. The fraction of sp³-hybridized carbons (Fsp3) is 0.136. The molecule has 1 aromatic heterocycles. The average molecular weight is 499 g/mol. The van der Waals surface area contributed by atoms with Crippen molar-refractivity contribution in [1.29, 1.82) is 0 Å². The van der Waals surface area contributed by atoms with Crippen LogP contribution in [0, 0.1) is 23.3 Å². The molecule has 2 aromatic carbocycles. The van der Waals surface area contributed by atoms with Crippen LogP contribution in [0.2, 0.25) is 10.0 Å². The molecule has 1 aliphatic heterocycles. The van der Waals surface area contributed by atoms with E-state index in [0.29, 0.717) is 6.42 Å². The number of benzene rings is 2. The van der Waals surface area contributed by atoms with Crippen LogP contribution in [0.15, 0.2) is 44.3 Å². The summed E-state index contributed by atoms with van der Waals surface area (Å²) in [4.78, 5) is 25.9. The molecule has 0 fully saturated rings. The zero-order valence-corrected chi connectivity index (χ0v) is 18.2. The summed E-state index contributed by atoms with van der Waals surface area (Å²) in [5.74, 6) is -8.02. The molecule has 0 aliphatic carbocycles. The fourth-order valence-electron chi connectivity index (χ4n) is 3.36. The first-order valence-corrected chi connectivity index (χ1v) is 10.3. The van der Waals surface area contributed by atoms with Crippen molar-refractivity contribution in [2.45, 2.75) is 19.8 Å². The van der Waals surface area contributed by atoms with E-state index in [1.165, 1.54) is 12.1 Å². The van der Waals surface area contributed by atoms with Crippen LogP contribution in [0.3, 0.4) is 0 Å². The lowest BCUT2D eigenvalue weighted by atomic mass is 10.0. The largest absolute Gasteiger partial charge is 0.462 e. The number of carbonyl (C=O) groups excluding carboxylic acids is 1. The van der Waals surface area contributed by atoms with Gasteiger partial charge in [-0.15, -0.1) is 0 Å². The van der Waals surface area contributed by atoms with Crippen molar-refractivity contribution in [1.82, 2.24) is 0 Å². The molecule has 2 heterocycles. The zero-order valence-electron chi connectivity index (χ0n) is 16.7. The number of rotatable bonds is 4. The molecule has 4 rings (SSSR count). The molecule has 1 aliphatic rings.